The minimum atomic E-state index is -3.80. The molecular formula is C26H24ClN3O5S. The first kappa shape index (κ1) is 24.3. The molecule has 2 atom stereocenters. The highest BCUT2D eigenvalue weighted by Gasteiger charge is 2.41. The number of hydrogen-bond acceptors (Lipinski definition) is 5. The van der Waals surface area contributed by atoms with E-state index in [0.717, 1.165) is 16.9 Å². The number of halogens is 1. The second-order valence-electron chi connectivity index (χ2n) is 8.79. The summed E-state index contributed by atoms with van der Waals surface area (Å²) >= 11 is 5.87. The summed E-state index contributed by atoms with van der Waals surface area (Å²) in [7, 11) is -2.20. The third-order valence-electron chi connectivity index (χ3n) is 6.54. The van der Waals surface area contributed by atoms with Crippen molar-refractivity contribution in [3.05, 3.63) is 77.3 Å². The van der Waals surface area contributed by atoms with Crippen LogP contribution in [0.2, 0.25) is 5.02 Å². The monoisotopic (exact) mass is 525 g/mol. The number of rotatable bonds is 5. The van der Waals surface area contributed by atoms with Gasteiger partial charge in [0.2, 0.25) is 15.9 Å². The zero-order valence-electron chi connectivity index (χ0n) is 19.4. The zero-order valence-corrected chi connectivity index (χ0v) is 21.0. The molecule has 0 aliphatic carbocycles. The van der Waals surface area contributed by atoms with E-state index >= 15 is 0 Å². The Labute approximate surface area is 214 Å². The molecule has 2 heterocycles. The van der Waals surface area contributed by atoms with Crippen LogP contribution in [0, 0.1) is 0 Å². The van der Waals surface area contributed by atoms with Crippen LogP contribution in [-0.4, -0.2) is 50.9 Å². The van der Waals surface area contributed by atoms with E-state index in [1.54, 1.807) is 19.2 Å². The number of benzene rings is 3. The predicted octanol–water partition coefficient (Wildman–Crippen LogP) is 3.92. The van der Waals surface area contributed by atoms with Gasteiger partial charge in [0.15, 0.2) is 0 Å². The number of sulfonamides is 1. The average Bonchev–Trinajstić information content (AvgIpc) is 2.98. The van der Waals surface area contributed by atoms with Gasteiger partial charge in [-0.25, -0.2) is 13.1 Å². The Morgan fingerprint density at radius 3 is 2.39 bits per heavy atom. The van der Waals surface area contributed by atoms with Crippen molar-refractivity contribution >= 4 is 39.1 Å². The number of anilines is 1. The zero-order chi connectivity index (χ0) is 25.4. The van der Waals surface area contributed by atoms with Gasteiger partial charge in [0, 0.05) is 17.6 Å². The van der Waals surface area contributed by atoms with Crippen molar-refractivity contribution in [3.8, 4) is 16.9 Å². The maximum absolute atomic E-state index is 13.5. The molecular weight excluding hydrogens is 502 g/mol. The van der Waals surface area contributed by atoms with E-state index < -0.39 is 22.1 Å². The molecule has 0 saturated carbocycles. The van der Waals surface area contributed by atoms with Crippen molar-refractivity contribution in [2.45, 2.75) is 29.8 Å². The summed E-state index contributed by atoms with van der Waals surface area (Å²) in [5.74, 6) is 0.131. The fourth-order valence-corrected chi connectivity index (χ4v) is 6.04. The number of carbonyl (C=O) groups excluding carboxylic acids is 2. The van der Waals surface area contributed by atoms with E-state index in [0.29, 0.717) is 22.7 Å². The van der Waals surface area contributed by atoms with Gasteiger partial charge >= 0.3 is 0 Å². The van der Waals surface area contributed by atoms with E-state index in [1.807, 2.05) is 30.3 Å². The van der Waals surface area contributed by atoms with Gasteiger partial charge in [-0.1, -0.05) is 29.8 Å². The molecule has 0 spiro atoms. The van der Waals surface area contributed by atoms with Gasteiger partial charge in [-0.05, 0) is 72.5 Å². The minimum absolute atomic E-state index is 0.0918. The lowest BCUT2D eigenvalue weighted by Crippen LogP contribution is -2.54. The molecule has 2 N–H and O–H groups in total. The summed E-state index contributed by atoms with van der Waals surface area (Å²) < 4.78 is 33.6. The molecule has 0 radical (unpaired) electrons. The molecule has 3 aromatic rings. The van der Waals surface area contributed by atoms with E-state index in [-0.39, 0.29) is 29.7 Å². The molecule has 2 amide bonds. The number of carbonyl (C=O) groups is 2. The van der Waals surface area contributed by atoms with Crippen molar-refractivity contribution in [1.29, 1.82) is 0 Å². The first-order valence-electron chi connectivity index (χ1n) is 11.4. The van der Waals surface area contributed by atoms with Gasteiger partial charge in [0.05, 0.1) is 23.3 Å². The molecule has 2 aliphatic rings. The molecule has 0 aromatic heterocycles. The van der Waals surface area contributed by atoms with Crippen LogP contribution in [0.3, 0.4) is 0 Å². The SMILES string of the molecule is COc1ccc(-c2ccc3c(c2)C(=O)N2CCC(NS(=O)(=O)c4ccc(Cl)cc4)CC2C(=O)N3)cc1. The topological polar surface area (TPSA) is 105 Å². The fourth-order valence-electron chi connectivity index (χ4n) is 4.63. The van der Waals surface area contributed by atoms with Crippen LogP contribution in [0.5, 0.6) is 5.75 Å². The minimum Gasteiger partial charge on any atom is -0.497 e. The first-order valence-corrected chi connectivity index (χ1v) is 13.3. The van der Waals surface area contributed by atoms with Gasteiger partial charge < -0.3 is 15.0 Å². The summed E-state index contributed by atoms with van der Waals surface area (Å²) in [6.45, 7) is 0.247. The van der Waals surface area contributed by atoms with Gasteiger partial charge in [-0.15, -0.1) is 0 Å². The molecule has 3 aromatic carbocycles. The lowest BCUT2D eigenvalue weighted by molar-refractivity contribution is -0.121. The third kappa shape index (κ3) is 4.69. The van der Waals surface area contributed by atoms with Crippen LogP contribution >= 0.6 is 11.6 Å². The van der Waals surface area contributed by atoms with Crippen molar-refractivity contribution in [2.75, 3.05) is 19.0 Å². The molecule has 0 bridgehead atoms. The quantitative estimate of drug-likeness (QED) is 0.525. The Hall–Kier alpha value is -3.40. The number of amides is 2. The largest absolute Gasteiger partial charge is 0.497 e. The van der Waals surface area contributed by atoms with E-state index in [1.165, 1.54) is 29.2 Å². The van der Waals surface area contributed by atoms with Crippen molar-refractivity contribution < 1.29 is 22.7 Å². The van der Waals surface area contributed by atoms with Crippen LogP contribution in [0.25, 0.3) is 11.1 Å². The number of methoxy groups -OCH3 is 1. The normalized spacial score (nSPS) is 19.7. The van der Waals surface area contributed by atoms with E-state index in [2.05, 4.69) is 10.0 Å². The molecule has 10 heteroatoms. The van der Waals surface area contributed by atoms with Gasteiger partial charge in [0.1, 0.15) is 11.8 Å². The van der Waals surface area contributed by atoms with Crippen LogP contribution in [-0.2, 0) is 14.8 Å². The van der Waals surface area contributed by atoms with Crippen LogP contribution in [0.1, 0.15) is 23.2 Å². The lowest BCUT2D eigenvalue weighted by atomic mass is 9.96. The Balaban J connectivity index is 1.37. The number of piperidine rings is 1. The van der Waals surface area contributed by atoms with Crippen LogP contribution < -0.4 is 14.8 Å². The third-order valence-corrected chi connectivity index (χ3v) is 8.33. The number of nitrogens with zero attached hydrogens (tertiary/aromatic N) is 1. The van der Waals surface area contributed by atoms with Crippen LogP contribution in [0.15, 0.2) is 71.6 Å². The van der Waals surface area contributed by atoms with Gasteiger partial charge in [-0.3, -0.25) is 9.59 Å². The Morgan fingerprint density at radius 2 is 1.69 bits per heavy atom. The Morgan fingerprint density at radius 1 is 1.00 bits per heavy atom. The standard InChI is InChI=1S/C26H24ClN3O5S/c1-35-20-7-2-16(3-8-20)17-4-11-23-22(14-17)26(32)30-13-12-19(15-24(30)25(31)28-23)29-36(33,34)21-9-5-18(27)6-10-21/h2-11,14,19,24,29H,12-13,15H2,1H3,(H,28,31). The van der Waals surface area contributed by atoms with Crippen molar-refractivity contribution in [2.24, 2.45) is 0 Å². The molecule has 2 aliphatic heterocycles. The number of nitrogens with one attached hydrogen (secondary N) is 2. The molecule has 5 rings (SSSR count). The Bertz CT molecular complexity index is 1420. The Kier molecular flexibility index (Phi) is 6.46. The smallest absolute Gasteiger partial charge is 0.256 e. The first-order chi connectivity index (χ1) is 17.2. The highest BCUT2D eigenvalue weighted by Crippen LogP contribution is 2.32. The number of hydrogen-bond donors (Lipinski definition) is 2. The highest BCUT2D eigenvalue weighted by molar-refractivity contribution is 7.89. The van der Waals surface area contributed by atoms with Crippen molar-refractivity contribution in [1.82, 2.24) is 9.62 Å². The fraction of sp³-hybridized carbons (Fsp3) is 0.231. The summed E-state index contributed by atoms with van der Waals surface area (Å²) in [6, 6.07) is 17.4. The maximum Gasteiger partial charge on any atom is 0.256 e. The predicted molar refractivity (Wildman–Crippen MR) is 137 cm³/mol. The lowest BCUT2D eigenvalue weighted by Gasteiger charge is -2.37. The summed E-state index contributed by atoms with van der Waals surface area (Å²) in [5.41, 5.74) is 2.59. The van der Waals surface area contributed by atoms with Crippen LogP contribution in [0.4, 0.5) is 5.69 Å². The van der Waals surface area contributed by atoms with E-state index in [9.17, 15) is 18.0 Å². The molecule has 8 nitrogen and oxygen atoms in total. The second-order valence-corrected chi connectivity index (χ2v) is 10.9. The molecule has 186 valence electrons. The highest BCUT2D eigenvalue weighted by atomic mass is 35.5. The summed E-state index contributed by atoms with van der Waals surface area (Å²) in [4.78, 5) is 28.2. The van der Waals surface area contributed by atoms with Crippen molar-refractivity contribution in [3.63, 3.8) is 0 Å². The van der Waals surface area contributed by atoms with Gasteiger partial charge in [-0.2, -0.15) is 0 Å². The van der Waals surface area contributed by atoms with E-state index in [4.69, 9.17) is 16.3 Å². The average molecular weight is 526 g/mol. The molecule has 1 fully saturated rings. The molecule has 36 heavy (non-hydrogen) atoms. The van der Waals surface area contributed by atoms with Gasteiger partial charge in [0.25, 0.3) is 5.91 Å². The molecule has 1 saturated heterocycles. The second kappa shape index (κ2) is 9.57. The molecule has 2 unspecified atom stereocenters. The maximum atomic E-state index is 13.5. The summed E-state index contributed by atoms with van der Waals surface area (Å²) in [6.07, 6.45) is 0.555. The summed E-state index contributed by atoms with van der Waals surface area (Å²) in [5, 5.41) is 3.29. The number of ether oxygens (including phenoxy) is 1. The number of fused-ring (bicyclic) bond motifs is 2.